The highest BCUT2D eigenvalue weighted by Crippen LogP contribution is 2.14. The lowest BCUT2D eigenvalue weighted by Crippen LogP contribution is -1.79. The smallest absolute Gasteiger partial charge is 0.118 e. The van der Waals surface area contributed by atoms with Crippen molar-refractivity contribution in [1.29, 1.82) is 0 Å². The fourth-order valence-corrected chi connectivity index (χ4v) is 0.835. The van der Waals surface area contributed by atoms with Gasteiger partial charge in [-0.15, -0.1) is 0 Å². The van der Waals surface area contributed by atoms with Crippen LogP contribution in [-0.4, -0.2) is 7.11 Å². The Balaban J connectivity index is 0.000000310. The first-order chi connectivity index (χ1) is 6.24. The maximum atomic E-state index is 4.95. The predicted molar refractivity (Wildman–Crippen MR) is 61.3 cm³/mol. The van der Waals surface area contributed by atoms with E-state index in [0.717, 1.165) is 10.2 Å². The molecule has 0 amide bonds. The standard InChI is InChI=1S/C7H7BrO.C4H10/c1-9-7-4-2-6(8)3-5-7;1-3-4-2/h2-5H,1H3;3-4H2,1-2H3. The Morgan fingerprint density at radius 1 is 1.08 bits per heavy atom. The van der Waals surface area contributed by atoms with Gasteiger partial charge in [0.2, 0.25) is 0 Å². The molecule has 0 bridgehead atoms. The zero-order chi connectivity index (χ0) is 10.1. The first-order valence-corrected chi connectivity index (χ1v) is 5.33. The van der Waals surface area contributed by atoms with Crippen LogP contribution in [0.1, 0.15) is 26.7 Å². The SMILES string of the molecule is CCCC.COc1ccc(Br)cc1. The molecule has 0 unspecified atom stereocenters. The maximum absolute atomic E-state index is 4.95. The second kappa shape index (κ2) is 8.11. The van der Waals surface area contributed by atoms with Crippen LogP contribution in [0.4, 0.5) is 0 Å². The van der Waals surface area contributed by atoms with Gasteiger partial charge < -0.3 is 4.74 Å². The summed E-state index contributed by atoms with van der Waals surface area (Å²) in [6, 6.07) is 7.70. The average molecular weight is 245 g/mol. The fraction of sp³-hybridized carbons (Fsp3) is 0.455. The van der Waals surface area contributed by atoms with E-state index in [1.807, 2.05) is 24.3 Å². The number of methoxy groups -OCH3 is 1. The highest BCUT2D eigenvalue weighted by atomic mass is 79.9. The van der Waals surface area contributed by atoms with Crippen molar-refractivity contribution in [2.75, 3.05) is 7.11 Å². The molecule has 1 nitrogen and oxygen atoms in total. The molecular weight excluding hydrogens is 228 g/mol. The zero-order valence-electron chi connectivity index (χ0n) is 8.51. The lowest BCUT2D eigenvalue weighted by Gasteiger charge is -1.96. The van der Waals surface area contributed by atoms with Gasteiger partial charge >= 0.3 is 0 Å². The topological polar surface area (TPSA) is 9.23 Å². The third-order valence-electron chi connectivity index (χ3n) is 1.55. The minimum atomic E-state index is 0.887. The highest BCUT2D eigenvalue weighted by Gasteiger charge is 1.86. The second-order valence-electron chi connectivity index (χ2n) is 2.66. The molecule has 0 aliphatic heterocycles. The van der Waals surface area contributed by atoms with E-state index in [9.17, 15) is 0 Å². The minimum absolute atomic E-state index is 0.887. The highest BCUT2D eigenvalue weighted by molar-refractivity contribution is 9.10. The molecule has 0 saturated heterocycles. The monoisotopic (exact) mass is 244 g/mol. The van der Waals surface area contributed by atoms with Gasteiger partial charge in [0.1, 0.15) is 5.75 Å². The third-order valence-corrected chi connectivity index (χ3v) is 2.08. The zero-order valence-corrected chi connectivity index (χ0v) is 10.1. The number of hydrogen-bond donors (Lipinski definition) is 0. The Morgan fingerprint density at radius 3 is 1.85 bits per heavy atom. The van der Waals surface area contributed by atoms with Crippen molar-refractivity contribution >= 4 is 15.9 Å². The lowest BCUT2D eigenvalue weighted by molar-refractivity contribution is 0.414. The van der Waals surface area contributed by atoms with E-state index in [-0.39, 0.29) is 0 Å². The molecule has 0 saturated carbocycles. The number of hydrogen-bond acceptors (Lipinski definition) is 1. The van der Waals surface area contributed by atoms with Crippen molar-refractivity contribution in [3.63, 3.8) is 0 Å². The van der Waals surface area contributed by atoms with Crippen LogP contribution in [0.25, 0.3) is 0 Å². The van der Waals surface area contributed by atoms with Crippen LogP contribution in [0.15, 0.2) is 28.7 Å². The van der Waals surface area contributed by atoms with Crippen molar-refractivity contribution in [1.82, 2.24) is 0 Å². The van der Waals surface area contributed by atoms with E-state index < -0.39 is 0 Å². The van der Waals surface area contributed by atoms with Gasteiger partial charge in [-0.1, -0.05) is 42.6 Å². The number of halogens is 1. The van der Waals surface area contributed by atoms with Crippen LogP contribution in [0, 0.1) is 0 Å². The largest absolute Gasteiger partial charge is 0.497 e. The van der Waals surface area contributed by atoms with Gasteiger partial charge in [0.25, 0.3) is 0 Å². The summed E-state index contributed by atoms with van der Waals surface area (Å²) in [5.41, 5.74) is 0. The van der Waals surface area contributed by atoms with Gasteiger partial charge in [0.05, 0.1) is 7.11 Å². The Hall–Kier alpha value is -0.500. The molecule has 1 aromatic carbocycles. The van der Waals surface area contributed by atoms with Gasteiger partial charge in [0, 0.05) is 4.47 Å². The van der Waals surface area contributed by atoms with E-state index in [1.165, 1.54) is 12.8 Å². The summed E-state index contributed by atoms with van der Waals surface area (Å²) in [5.74, 6) is 0.887. The summed E-state index contributed by atoms with van der Waals surface area (Å²) in [7, 11) is 1.66. The van der Waals surface area contributed by atoms with Crippen LogP contribution >= 0.6 is 15.9 Å². The number of rotatable bonds is 2. The van der Waals surface area contributed by atoms with Gasteiger partial charge in [0.15, 0.2) is 0 Å². The first-order valence-electron chi connectivity index (χ1n) is 4.54. The molecule has 2 heteroatoms. The van der Waals surface area contributed by atoms with Crippen molar-refractivity contribution in [2.45, 2.75) is 26.7 Å². The molecule has 0 aliphatic rings. The molecule has 0 aliphatic carbocycles. The van der Waals surface area contributed by atoms with Gasteiger partial charge in [-0.05, 0) is 24.3 Å². The molecule has 1 aromatic rings. The van der Waals surface area contributed by atoms with Crippen LogP contribution in [0.5, 0.6) is 5.75 Å². The van der Waals surface area contributed by atoms with E-state index in [1.54, 1.807) is 7.11 Å². The van der Waals surface area contributed by atoms with Gasteiger partial charge in [-0.3, -0.25) is 0 Å². The summed E-state index contributed by atoms with van der Waals surface area (Å²) >= 11 is 3.32. The average Bonchev–Trinajstić information content (AvgIpc) is 2.19. The van der Waals surface area contributed by atoms with Crippen molar-refractivity contribution in [2.24, 2.45) is 0 Å². The normalized spacial score (nSPS) is 8.62. The van der Waals surface area contributed by atoms with Crippen molar-refractivity contribution in [3.8, 4) is 5.75 Å². The Kier molecular flexibility index (Phi) is 7.80. The van der Waals surface area contributed by atoms with Gasteiger partial charge in [-0.25, -0.2) is 0 Å². The molecule has 0 fully saturated rings. The second-order valence-corrected chi connectivity index (χ2v) is 3.57. The van der Waals surface area contributed by atoms with Crippen LogP contribution in [0.3, 0.4) is 0 Å². The van der Waals surface area contributed by atoms with E-state index in [4.69, 9.17) is 4.74 Å². The summed E-state index contributed by atoms with van der Waals surface area (Å²) in [6.45, 7) is 4.36. The van der Waals surface area contributed by atoms with Gasteiger partial charge in [-0.2, -0.15) is 0 Å². The number of unbranched alkanes of at least 4 members (excludes halogenated alkanes) is 1. The Morgan fingerprint density at radius 2 is 1.54 bits per heavy atom. The summed E-state index contributed by atoms with van der Waals surface area (Å²) in [5, 5.41) is 0. The predicted octanol–water partition coefficient (Wildman–Crippen LogP) is 4.26. The summed E-state index contributed by atoms with van der Waals surface area (Å²) in [6.07, 6.45) is 2.64. The van der Waals surface area contributed by atoms with E-state index in [2.05, 4.69) is 29.8 Å². The van der Waals surface area contributed by atoms with Crippen LogP contribution in [0.2, 0.25) is 0 Å². The Labute approximate surface area is 89.2 Å². The van der Waals surface area contributed by atoms with Crippen LogP contribution < -0.4 is 4.74 Å². The molecular formula is C11H17BrO. The molecule has 0 spiro atoms. The summed E-state index contributed by atoms with van der Waals surface area (Å²) < 4.78 is 6.02. The molecule has 0 radical (unpaired) electrons. The molecule has 1 rings (SSSR count). The molecule has 0 heterocycles. The third kappa shape index (κ3) is 6.64. The van der Waals surface area contributed by atoms with E-state index in [0.29, 0.717) is 0 Å². The molecule has 74 valence electrons. The maximum Gasteiger partial charge on any atom is 0.118 e. The molecule has 13 heavy (non-hydrogen) atoms. The summed E-state index contributed by atoms with van der Waals surface area (Å²) in [4.78, 5) is 0. The first kappa shape index (κ1) is 12.5. The molecule has 0 N–H and O–H groups in total. The van der Waals surface area contributed by atoms with Crippen molar-refractivity contribution in [3.05, 3.63) is 28.7 Å². The molecule has 0 aromatic heterocycles. The molecule has 0 atom stereocenters. The number of benzene rings is 1. The quantitative estimate of drug-likeness (QED) is 0.756. The van der Waals surface area contributed by atoms with E-state index >= 15 is 0 Å². The minimum Gasteiger partial charge on any atom is -0.497 e. The number of ether oxygens (including phenoxy) is 1. The fourth-order valence-electron chi connectivity index (χ4n) is 0.571. The Bertz CT molecular complexity index is 204. The van der Waals surface area contributed by atoms with Crippen LogP contribution in [-0.2, 0) is 0 Å². The lowest BCUT2D eigenvalue weighted by atomic mass is 10.3. The van der Waals surface area contributed by atoms with Crippen molar-refractivity contribution < 1.29 is 4.74 Å².